The molecule has 0 spiro atoms. The molecule has 0 aromatic heterocycles. The van der Waals surface area contributed by atoms with Crippen LogP contribution in [0.25, 0.3) is 0 Å². The van der Waals surface area contributed by atoms with Gasteiger partial charge in [0.1, 0.15) is 0 Å². The molecule has 0 amide bonds. The number of hydrogen-bond donors (Lipinski definition) is 2. The average molecular weight is 254 g/mol. The number of benzene rings is 1. The second kappa shape index (κ2) is 4.76. The van der Waals surface area contributed by atoms with Crippen LogP contribution < -0.4 is 10.0 Å². The standard InChI is InChI=1S/C12H18N2O2S/c1-9(13-2)10-4-3-5-12(8-10)17(15,16)14-11-6-7-11/h3-5,8-9,11,13-14H,6-7H2,1-2H3. The minimum Gasteiger partial charge on any atom is -0.313 e. The SMILES string of the molecule is CNC(C)c1cccc(S(=O)(=O)NC2CC2)c1. The van der Waals surface area contributed by atoms with E-state index in [0.717, 1.165) is 18.4 Å². The van der Waals surface area contributed by atoms with Crippen molar-refractivity contribution in [3.8, 4) is 0 Å². The number of nitrogens with one attached hydrogen (secondary N) is 2. The topological polar surface area (TPSA) is 58.2 Å². The summed E-state index contributed by atoms with van der Waals surface area (Å²) >= 11 is 0. The van der Waals surface area contributed by atoms with Gasteiger partial charge in [-0.2, -0.15) is 0 Å². The Labute approximate surface area is 102 Å². The van der Waals surface area contributed by atoms with Gasteiger partial charge in [0.05, 0.1) is 4.90 Å². The molecule has 1 aliphatic rings. The minimum absolute atomic E-state index is 0.144. The first kappa shape index (κ1) is 12.5. The summed E-state index contributed by atoms with van der Waals surface area (Å²) in [6.45, 7) is 2.00. The lowest BCUT2D eigenvalue weighted by Crippen LogP contribution is -2.26. The van der Waals surface area contributed by atoms with E-state index in [2.05, 4.69) is 10.0 Å². The Kier molecular flexibility index (Phi) is 3.51. The van der Waals surface area contributed by atoms with Crippen LogP contribution in [0.1, 0.15) is 31.4 Å². The van der Waals surface area contributed by atoms with Crippen LogP contribution >= 0.6 is 0 Å². The Morgan fingerprint density at radius 2 is 2.06 bits per heavy atom. The van der Waals surface area contributed by atoms with Crippen LogP contribution in [0.5, 0.6) is 0 Å². The molecule has 5 heteroatoms. The highest BCUT2D eigenvalue weighted by molar-refractivity contribution is 7.89. The lowest BCUT2D eigenvalue weighted by atomic mass is 10.1. The van der Waals surface area contributed by atoms with Crippen LogP contribution in [-0.2, 0) is 10.0 Å². The molecule has 0 heterocycles. The van der Waals surface area contributed by atoms with Gasteiger partial charge in [0.15, 0.2) is 0 Å². The van der Waals surface area contributed by atoms with Crippen molar-refractivity contribution in [2.75, 3.05) is 7.05 Å². The van der Waals surface area contributed by atoms with Crippen molar-refractivity contribution in [3.63, 3.8) is 0 Å². The number of sulfonamides is 1. The zero-order chi connectivity index (χ0) is 12.5. The molecule has 0 bridgehead atoms. The lowest BCUT2D eigenvalue weighted by Gasteiger charge is -2.12. The van der Waals surface area contributed by atoms with Crippen LogP contribution in [0.4, 0.5) is 0 Å². The van der Waals surface area contributed by atoms with Gasteiger partial charge in [-0.3, -0.25) is 0 Å². The Hall–Kier alpha value is -0.910. The fourth-order valence-electron chi connectivity index (χ4n) is 1.61. The van der Waals surface area contributed by atoms with Crippen molar-refractivity contribution in [1.82, 2.24) is 10.0 Å². The first-order valence-corrected chi connectivity index (χ1v) is 7.31. The van der Waals surface area contributed by atoms with Crippen LogP contribution in [0, 0.1) is 0 Å². The normalized spacial score (nSPS) is 18.0. The molecule has 0 radical (unpaired) electrons. The molecule has 1 aromatic rings. The van der Waals surface area contributed by atoms with Crippen LogP contribution in [-0.4, -0.2) is 21.5 Å². The molecule has 2 rings (SSSR count). The highest BCUT2D eigenvalue weighted by atomic mass is 32.2. The van der Waals surface area contributed by atoms with Crippen molar-refractivity contribution in [3.05, 3.63) is 29.8 Å². The van der Waals surface area contributed by atoms with E-state index < -0.39 is 10.0 Å². The molecule has 0 aliphatic heterocycles. The first-order valence-electron chi connectivity index (χ1n) is 5.82. The molecule has 4 nitrogen and oxygen atoms in total. The second-order valence-corrected chi connectivity index (χ2v) is 6.19. The summed E-state index contributed by atoms with van der Waals surface area (Å²) in [6, 6.07) is 7.36. The molecule has 1 atom stereocenters. The van der Waals surface area contributed by atoms with E-state index in [1.165, 1.54) is 0 Å². The van der Waals surface area contributed by atoms with Crippen molar-refractivity contribution in [2.24, 2.45) is 0 Å². The Balaban J connectivity index is 2.25. The zero-order valence-electron chi connectivity index (χ0n) is 10.1. The van der Waals surface area contributed by atoms with Crippen molar-refractivity contribution in [1.29, 1.82) is 0 Å². The Morgan fingerprint density at radius 3 is 2.65 bits per heavy atom. The molecular formula is C12H18N2O2S. The van der Waals surface area contributed by atoms with E-state index in [-0.39, 0.29) is 12.1 Å². The van der Waals surface area contributed by atoms with E-state index in [9.17, 15) is 8.42 Å². The molecule has 1 fully saturated rings. The maximum Gasteiger partial charge on any atom is 0.240 e. The first-order chi connectivity index (χ1) is 8.03. The molecule has 1 saturated carbocycles. The summed E-state index contributed by atoms with van der Waals surface area (Å²) in [7, 11) is -1.48. The predicted molar refractivity (Wildman–Crippen MR) is 67.3 cm³/mol. The van der Waals surface area contributed by atoms with Gasteiger partial charge in [0.2, 0.25) is 10.0 Å². The number of rotatable bonds is 5. The molecule has 17 heavy (non-hydrogen) atoms. The summed E-state index contributed by atoms with van der Waals surface area (Å²) in [5, 5.41) is 3.10. The van der Waals surface area contributed by atoms with E-state index in [0.29, 0.717) is 4.90 Å². The van der Waals surface area contributed by atoms with Crippen molar-refractivity contribution < 1.29 is 8.42 Å². The molecule has 1 aliphatic carbocycles. The Morgan fingerprint density at radius 1 is 1.35 bits per heavy atom. The van der Waals surface area contributed by atoms with Crippen LogP contribution in [0.15, 0.2) is 29.2 Å². The predicted octanol–water partition coefficient (Wildman–Crippen LogP) is 1.41. The summed E-state index contributed by atoms with van der Waals surface area (Å²) in [5.41, 5.74) is 0.978. The molecule has 1 aromatic carbocycles. The van der Waals surface area contributed by atoms with Crippen molar-refractivity contribution in [2.45, 2.75) is 36.7 Å². The van der Waals surface area contributed by atoms with Crippen LogP contribution in [0.3, 0.4) is 0 Å². The molecule has 94 valence electrons. The molecular weight excluding hydrogens is 236 g/mol. The van der Waals surface area contributed by atoms with Crippen LogP contribution in [0.2, 0.25) is 0 Å². The summed E-state index contributed by atoms with van der Waals surface area (Å²) in [4.78, 5) is 0.351. The summed E-state index contributed by atoms with van der Waals surface area (Å²) < 4.78 is 26.7. The largest absolute Gasteiger partial charge is 0.313 e. The molecule has 2 N–H and O–H groups in total. The minimum atomic E-state index is -3.34. The van der Waals surface area contributed by atoms with Gasteiger partial charge in [-0.15, -0.1) is 0 Å². The lowest BCUT2D eigenvalue weighted by molar-refractivity contribution is 0.580. The Bertz CT molecular complexity index is 495. The van der Waals surface area contributed by atoms with E-state index >= 15 is 0 Å². The van der Waals surface area contributed by atoms with E-state index in [1.807, 2.05) is 20.0 Å². The highest BCUT2D eigenvalue weighted by Gasteiger charge is 2.28. The van der Waals surface area contributed by atoms with Gasteiger partial charge in [-0.1, -0.05) is 12.1 Å². The third-order valence-electron chi connectivity index (χ3n) is 3.00. The van der Waals surface area contributed by atoms with Gasteiger partial charge < -0.3 is 5.32 Å². The maximum absolute atomic E-state index is 12.0. The quantitative estimate of drug-likeness (QED) is 0.835. The summed E-state index contributed by atoms with van der Waals surface area (Å²) in [5.74, 6) is 0. The van der Waals surface area contributed by atoms with Gasteiger partial charge in [-0.05, 0) is 44.5 Å². The molecule has 1 unspecified atom stereocenters. The second-order valence-electron chi connectivity index (χ2n) is 4.48. The summed E-state index contributed by atoms with van der Waals surface area (Å²) in [6.07, 6.45) is 1.90. The van der Waals surface area contributed by atoms with E-state index in [4.69, 9.17) is 0 Å². The monoisotopic (exact) mass is 254 g/mol. The average Bonchev–Trinajstić information content (AvgIpc) is 3.11. The van der Waals surface area contributed by atoms with Gasteiger partial charge in [-0.25, -0.2) is 13.1 Å². The highest BCUT2D eigenvalue weighted by Crippen LogP contribution is 2.23. The van der Waals surface area contributed by atoms with E-state index in [1.54, 1.807) is 18.2 Å². The maximum atomic E-state index is 12.0. The number of hydrogen-bond acceptors (Lipinski definition) is 3. The van der Waals surface area contributed by atoms with Gasteiger partial charge in [0, 0.05) is 12.1 Å². The fourth-order valence-corrected chi connectivity index (χ4v) is 2.97. The van der Waals surface area contributed by atoms with Gasteiger partial charge in [0.25, 0.3) is 0 Å². The third kappa shape index (κ3) is 3.06. The molecule has 0 saturated heterocycles. The van der Waals surface area contributed by atoms with Gasteiger partial charge >= 0.3 is 0 Å². The smallest absolute Gasteiger partial charge is 0.240 e. The fraction of sp³-hybridized carbons (Fsp3) is 0.500. The third-order valence-corrected chi connectivity index (χ3v) is 4.52. The van der Waals surface area contributed by atoms with Crippen molar-refractivity contribution >= 4 is 10.0 Å². The zero-order valence-corrected chi connectivity index (χ0v) is 10.9.